The number of benzene rings is 2. The number of non-ortho nitro benzene ring substituents is 1. The lowest BCUT2D eigenvalue weighted by molar-refractivity contribution is -0.384. The minimum absolute atomic E-state index is 0.183. The van der Waals surface area contributed by atoms with E-state index >= 15 is 0 Å². The van der Waals surface area contributed by atoms with Gasteiger partial charge in [0.05, 0.1) is 4.92 Å². The predicted octanol–water partition coefficient (Wildman–Crippen LogP) is 5.25. The second-order valence-electron chi connectivity index (χ2n) is 7.82. The quantitative estimate of drug-likeness (QED) is 0.472. The van der Waals surface area contributed by atoms with E-state index in [1.54, 1.807) is 12.1 Å². The molecule has 0 aliphatic heterocycles. The van der Waals surface area contributed by atoms with Crippen LogP contribution >= 0.6 is 0 Å². The maximum absolute atomic E-state index is 10.8. The van der Waals surface area contributed by atoms with Gasteiger partial charge < -0.3 is 5.73 Å². The molecule has 130 valence electrons. The summed E-state index contributed by atoms with van der Waals surface area (Å²) >= 11 is 0. The SMILES string of the molecule is Nc1ccc(C2CC3CC(C2)CC(c2ccc([N+](=O)[O-])cc2)C3)cc1. The first kappa shape index (κ1) is 16.1. The molecule has 2 atom stereocenters. The fourth-order valence-corrected chi connectivity index (χ4v) is 5.03. The van der Waals surface area contributed by atoms with Crippen LogP contribution in [-0.4, -0.2) is 4.92 Å². The molecule has 0 heterocycles. The van der Waals surface area contributed by atoms with E-state index in [0.29, 0.717) is 11.8 Å². The summed E-state index contributed by atoms with van der Waals surface area (Å²) < 4.78 is 0. The highest BCUT2D eigenvalue weighted by atomic mass is 16.6. The van der Waals surface area contributed by atoms with Crippen molar-refractivity contribution >= 4 is 11.4 Å². The number of nitrogens with zero attached hydrogens (tertiary/aromatic N) is 1. The Balaban J connectivity index is 1.46. The van der Waals surface area contributed by atoms with Crippen molar-refractivity contribution in [3.63, 3.8) is 0 Å². The first-order chi connectivity index (χ1) is 12.1. The molecule has 0 amide bonds. The maximum atomic E-state index is 10.8. The fourth-order valence-electron chi connectivity index (χ4n) is 5.03. The van der Waals surface area contributed by atoms with Gasteiger partial charge in [0.2, 0.25) is 0 Å². The van der Waals surface area contributed by atoms with Gasteiger partial charge in [-0.15, -0.1) is 0 Å². The Labute approximate surface area is 148 Å². The zero-order valence-electron chi connectivity index (χ0n) is 14.3. The Kier molecular flexibility index (Phi) is 4.20. The van der Waals surface area contributed by atoms with Crippen LogP contribution in [0.25, 0.3) is 0 Å². The molecule has 2 aromatic rings. The Morgan fingerprint density at radius 3 is 1.64 bits per heavy atom. The molecule has 2 aliphatic rings. The third-order valence-electron chi connectivity index (χ3n) is 6.12. The zero-order chi connectivity index (χ0) is 17.4. The number of nitrogen functional groups attached to an aromatic ring is 1. The average molecular weight is 336 g/mol. The molecular formula is C21H24N2O2. The largest absolute Gasteiger partial charge is 0.399 e. The van der Waals surface area contributed by atoms with Gasteiger partial charge in [-0.05, 0) is 79.0 Å². The lowest BCUT2D eigenvalue weighted by Gasteiger charge is -2.43. The zero-order valence-corrected chi connectivity index (χ0v) is 14.3. The van der Waals surface area contributed by atoms with E-state index in [1.807, 2.05) is 24.3 Å². The Morgan fingerprint density at radius 2 is 1.20 bits per heavy atom. The highest BCUT2D eigenvalue weighted by Gasteiger charge is 2.37. The van der Waals surface area contributed by atoms with Crippen LogP contribution in [0.3, 0.4) is 0 Å². The number of anilines is 1. The molecule has 0 spiro atoms. The van der Waals surface area contributed by atoms with Crippen molar-refractivity contribution in [2.75, 3.05) is 5.73 Å². The van der Waals surface area contributed by atoms with Crippen molar-refractivity contribution < 1.29 is 4.92 Å². The van der Waals surface area contributed by atoms with E-state index in [1.165, 1.54) is 43.2 Å². The molecule has 2 aromatic carbocycles. The molecule has 2 bridgehead atoms. The fraction of sp³-hybridized carbons (Fsp3) is 0.429. The van der Waals surface area contributed by atoms with E-state index < -0.39 is 0 Å². The molecule has 2 aliphatic carbocycles. The maximum Gasteiger partial charge on any atom is 0.269 e. The molecule has 2 N–H and O–H groups in total. The molecule has 0 aromatic heterocycles. The van der Waals surface area contributed by atoms with Gasteiger partial charge in [0.1, 0.15) is 0 Å². The smallest absolute Gasteiger partial charge is 0.269 e. The van der Waals surface area contributed by atoms with Crippen molar-refractivity contribution in [1.82, 2.24) is 0 Å². The number of nitrogens with two attached hydrogens (primary N) is 1. The number of hydrogen-bond donors (Lipinski definition) is 1. The number of hydrogen-bond acceptors (Lipinski definition) is 3. The highest BCUT2D eigenvalue weighted by molar-refractivity contribution is 5.40. The van der Waals surface area contributed by atoms with Crippen LogP contribution < -0.4 is 5.73 Å². The normalized spacial score (nSPS) is 28.5. The second-order valence-corrected chi connectivity index (χ2v) is 7.82. The monoisotopic (exact) mass is 336 g/mol. The van der Waals surface area contributed by atoms with Crippen molar-refractivity contribution in [1.29, 1.82) is 0 Å². The van der Waals surface area contributed by atoms with Crippen LogP contribution in [0.2, 0.25) is 0 Å². The third kappa shape index (κ3) is 3.39. The van der Waals surface area contributed by atoms with Crippen LogP contribution in [0.15, 0.2) is 48.5 Å². The number of rotatable bonds is 3. The van der Waals surface area contributed by atoms with Gasteiger partial charge in [-0.3, -0.25) is 10.1 Å². The molecule has 4 heteroatoms. The molecular weight excluding hydrogens is 312 g/mol. The summed E-state index contributed by atoms with van der Waals surface area (Å²) in [4.78, 5) is 10.5. The van der Waals surface area contributed by atoms with Crippen molar-refractivity contribution in [2.24, 2.45) is 11.8 Å². The van der Waals surface area contributed by atoms with E-state index in [-0.39, 0.29) is 10.6 Å². The molecule has 2 saturated carbocycles. The van der Waals surface area contributed by atoms with Gasteiger partial charge in [0, 0.05) is 17.8 Å². The standard InChI is InChI=1S/C21H24N2O2/c22-20-5-1-16(2-6-20)18-10-14-9-15(11-18)13-19(12-14)17-3-7-21(8-4-17)23(24)25/h1-8,14-15,18-19H,9-13,22H2. The number of fused-ring (bicyclic) bond motifs is 2. The Hall–Kier alpha value is -2.36. The van der Waals surface area contributed by atoms with Gasteiger partial charge in [-0.1, -0.05) is 24.3 Å². The van der Waals surface area contributed by atoms with Gasteiger partial charge >= 0.3 is 0 Å². The second kappa shape index (κ2) is 6.51. The van der Waals surface area contributed by atoms with Crippen LogP contribution in [0, 0.1) is 22.0 Å². The van der Waals surface area contributed by atoms with E-state index in [2.05, 4.69) is 12.1 Å². The van der Waals surface area contributed by atoms with Crippen LogP contribution in [0.1, 0.15) is 55.1 Å². The summed E-state index contributed by atoms with van der Waals surface area (Å²) in [7, 11) is 0. The van der Waals surface area contributed by atoms with Gasteiger partial charge in [-0.2, -0.15) is 0 Å². The molecule has 0 saturated heterocycles. The highest BCUT2D eigenvalue weighted by Crippen LogP contribution is 2.50. The topological polar surface area (TPSA) is 69.2 Å². The summed E-state index contributed by atoms with van der Waals surface area (Å²) in [5.74, 6) is 2.73. The van der Waals surface area contributed by atoms with E-state index in [4.69, 9.17) is 5.73 Å². The molecule has 2 fully saturated rings. The minimum atomic E-state index is -0.323. The lowest BCUT2D eigenvalue weighted by atomic mass is 9.62. The van der Waals surface area contributed by atoms with E-state index in [9.17, 15) is 10.1 Å². The van der Waals surface area contributed by atoms with Crippen molar-refractivity contribution in [3.8, 4) is 0 Å². The molecule has 4 rings (SSSR count). The minimum Gasteiger partial charge on any atom is -0.399 e. The lowest BCUT2D eigenvalue weighted by Crippen LogP contribution is -2.29. The number of nitro benzene ring substituents is 1. The van der Waals surface area contributed by atoms with E-state index in [0.717, 1.165) is 17.5 Å². The van der Waals surface area contributed by atoms with Crippen molar-refractivity contribution in [2.45, 2.75) is 43.9 Å². The first-order valence-electron chi connectivity index (χ1n) is 9.18. The first-order valence-corrected chi connectivity index (χ1v) is 9.18. The van der Waals surface area contributed by atoms with Crippen molar-refractivity contribution in [3.05, 3.63) is 69.8 Å². The average Bonchev–Trinajstić information content (AvgIpc) is 2.61. The summed E-state index contributed by atoms with van der Waals surface area (Å²) in [6.45, 7) is 0. The van der Waals surface area contributed by atoms with Crippen LogP contribution in [0.4, 0.5) is 11.4 Å². The number of nitro groups is 1. The van der Waals surface area contributed by atoms with Crippen LogP contribution in [-0.2, 0) is 0 Å². The van der Waals surface area contributed by atoms with Gasteiger partial charge in [0.15, 0.2) is 0 Å². The summed E-state index contributed by atoms with van der Waals surface area (Å²) in [5.41, 5.74) is 9.53. The van der Waals surface area contributed by atoms with Gasteiger partial charge in [-0.25, -0.2) is 0 Å². The van der Waals surface area contributed by atoms with Gasteiger partial charge in [0.25, 0.3) is 5.69 Å². The summed E-state index contributed by atoms with van der Waals surface area (Å²) in [6, 6.07) is 15.6. The molecule has 25 heavy (non-hydrogen) atoms. The summed E-state index contributed by atoms with van der Waals surface area (Å²) in [6.07, 6.45) is 6.27. The molecule has 4 nitrogen and oxygen atoms in total. The Bertz CT molecular complexity index is 740. The summed E-state index contributed by atoms with van der Waals surface area (Å²) in [5, 5.41) is 10.8. The third-order valence-corrected chi connectivity index (χ3v) is 6.12. The Morgan fingerprint density at radius 1 is 0.760 bits per heavy atom. The molecule has 0 radical (unpaired) electrons. The predicted molar refractivity (Wildman–Crippen MR) is 99.5 cm³/mol. The van der Waals surface area contributed by atoms with Crippen LogP contribution in [0.5, 0.6) is 0 Å². The molecule has 2 unspecified atom stereocenters.